The molecule has 2 nitrogen and oxygen atoms in total. The molecule has 2 heteroatoms. The van der Waals surface area contributed by atoms with Crippen molar-refractivity contribution in [1.29, 1.82) is 5.26 Å². The van der Waals surface area contributed by atoms with Crippen LogP contribution < -0.4 is 5.32 Å². The van der Waals surface area contributed by atoms with E-state index >= 15 is 0 Å². The van der Waals surface area contributed by atoms with Gasteiger partial charge in [-0.2, -0.15) is 5.26 Å². The summed E-state index contributed by atoms with van der Waals surface area (Å²) < 4.78 is 0. The normalized spacial score (nSPS) is 11.5. The van der Waals surface area contributed by atoms with Gasteiger partial charge in [0.2, 0.25) is 0 Å². The average molecular weight is 220 g/mol. The molecule has 0 aromatic heterocycles. The van der Waals surface area contributed by atoms with E-state index < -0.39 is 0 Å². The van der Waals surface area contributed by atoms with Gasteiger partial charge in [0.15, 0.2) is 0 Å². The number of hydrogen-bond donors (Lipinski definition) is 1. The summed E-state index contributed by atoms with van der Waals surface area (Å²) in [7, 11) is 0. The smallest absolute Gasteiger partial charge is 0.0998 e. The van der Waals surface area contributed by atoms with Crippen LogP contribution in [0.15, 0.2) is 36.4 Å². The zero-order chi connectivity index (χ0) is 12.3. The van der Waals surface area contributed by atoms with Crippen molar-refractivity contribution in [3.05, 3.63) is 42.0 Å². The molecule has 17 heavy (non-hydrogen) atoms. The van der Waals surface area contributed by atoms with Crippen molar-refractivity contribution in [3.8, 4) is 18.4 Å². The zero-order valence-corrected chi connectivity index (χ0v) is 9.57. The van der Waals surface area contributed by atoms with Gasteiger partial charge in [-0.1, -0.05) is 30.2 Å². The van der Waals surface area contributed by atoms with Crippen LogP contribution in [0, 0.1) is 23.7 Å². The molecule has 1 atom stereocenters. The molecule has 0 aliphatic rings. The highest BCUT2D eigenvalue weighted by atomic mass is 14.9. The van der Waals surface area contributed by atoms with Gasteiger partial charge in [0.1, 0.15) is 0 Å². The second kappa shape index (κ2) is 4.60. The molecule has 1 unspecified atom stereocenters. The Morgan fingerprint density at radius 1 is 1.18 bits per heavy atom. The van der Waals surface area contributed by atoms with Gasteiger partial charge < -0.3 is 5.32 Å². The summed E-state index contributed by atoms with van der Waals surface area (Å²) in [4.78, 5) is 0. The van der Waals surface area contributed by atoms with E-state index in [1.54, 1.807) is 0 Å². The summed E-state index contributed by atoms with van der Waals surface area (Å²) >= 11 is 0. The lowest BCUT2D eigenvalue weighted by atomic mass is 10.0. The van der Waals surface area contributed by atoms with E-state index in [9.17, 15) is 0 Å². The average Bonchev–Trinajstić information content (AvgIpc) is 2.39. The maximum absolute atomic E-state index is 9.05. The lowest BCUT2D eigenvalue weighted by Crippen LogP contribution is -2.12. The van der Waals surface area contributed by atoms with Crippen LogP contribution in [0.2, 0.25) is 0 Å². The van der Waals surface area contributed by atoms with E-state index in [2.05, 4.69) is 17.3 Å². The molecule has 2 rings (SSSR count). The summed E-state index contributed by atoms with van der Waals surface area (Å²) in [6.45, 7) is 1.92. The Morgan fingerprint density at radius 3 is 2.53 bits per heavy atom. The van der Waals surface area contributed by atoms with Crippen LogP contribution in [0.5, 0.6) is 0 Å². The summed E-state index contributed by atoms with van der Waals surface area (Å²) in [5, 5.41) is 14.3. The highest BCUT2D eigenvalue weighted by molar-refractivity contribution is 5.97. The summed E-state index contributed by atoms with van der Waals surface area (Å²) in [6.07, 6.45) is 5.36. The SMILES string of the molecule is C#CC(C)Nc1ccc(C#N)c2ccccc12. The first kappa shape index (κ1) is 11.0. The second-order valence-corrected chi connectivity index (χ2v) is 3.85. The first-order chi connectivity index (χ1) is 8.26. The standard InChI is InChI=1S/C15H12N2/c1-3-11(2)17-15-9-8-12(10-16)13-6-4-5-7-14(13)15/h1,4-9,11,17H,2H3. The second-order valence-electron chi connectivity index (χ2n) is 3.85. The Bertz CT molecular complexity index is 629. The number of terminal acetylenes is 1. The Morgan fingerprint density at radius 2 is 1.88 bits per heavy atom. The molecular weight excluding hydrogens is 208 g/mol. The highest BCUT2D eigenvalue weighted by Crippen LogP contribution is 2.26. The van der Waals surface area contributed by atoms with Crippen molar-refractivity contribution >= 4 is 16.5 Å². The molecule has 0 spiro atoms. The fourth-order valence-electron chi connectivity index (χ4n) is 1.80. The summed E-state index contributed by atoms with van der Waals surface area (Å²) in [6, 6.07) is 13.7. The maximum atomic E-state index is 9.05. The monoisotopic (exact) mass is 220 g/mol. The fourth-order valence-corrected chi connectivity index (χ4v) is 1.80. The van der Waals surface area contributed by atoms with Gasteiger partial charge in [-0.15, -0.1) is 6.42 Å². The molecule has 2 aromatic rings. The lowest BCUT2D eigenvalue weighted by molar-refractivity contribution is 1.04. The van der Waals surface area contributed by atoms with Crippen LogP contribution >= 0.6 is 0 Å². The van der Waals surface area contributed by atoms with Crippen LogP contribution in [0.4, 0.5) is 5.69 Å². The zero-order valence-electron chi connectivity index (χ0n) is 9.57. The predicted octanol–water partition coefficient (Wildman–Crippen LogP) is 3.15. The minimum Gasteiger partial charge on any atom is -0.371 e. The number of benzene rings is 2. The van der Waals surface area contributed by atoms with E-state index in [1.807, 2.05) is 43.3 Å². The molecule has 0 radical (unpaired) electrons. The van der Waals surface area contributed by atoms with E-state index in [4.69, 9.17) is 11.7 Å². The highest BCUT2D eigenvalue weighted by Gasteiger charge is 2.06. The van der Waals surface area contributed by atoms with Gasteiger partial charge in [0.05, 0.1) is 17.7 Å². The molecule has 1 N–H and O–H groups in total. The number of nitriles is 1. The maximum Gasteiger partial charge on any atom is 0.0998 e. The molecule has 0 amide bonds. The van der Waals surface area contributed by atoms with Crippen molar-refractivity contribution in [2.24, 2.45) is 0 Å². The van der Waals surface area contributed by atoms with Crippen LogP contribution in [0.3, 0.4) is 0 Å². The van der Waals surface area contributed by atoms with Gasteiger partial charge in [-0.3, -0.25) is 0 Å². The van der Waals surface area contributed by atoms with Crippen molar-refractivity contribution in [1.82, 2.24) is 0 Å². The van der Waals surface area contributed by atoms with Gasteiger partial charge in [0, 0.05) is 16.5 Å². The molecule has 0 heterocycles. The molecule has 0 bridgehead atoms. The first-order valence-electron chi connectivity index (χ1n) is 5.41. The Balaban J connectivity index is 2.60. The third kappa shape index (κ3) is 2.07. The fraction of sp³-hybridized carbons (Fsp3) is 0.133. The quantitative estimate of drug-likeness (QED) is 0.789. The predicted molar refractivity (Wildman–Crippen MR) is 70.6 cm³/mol. The van der Waals surface area contributed by atoms with Crippen LogP contribution in [0.1, 0.15) is 12.5 Å². The van der Waals surface area contributed by atoms with Gasteiger partial charge in [0.25, 0.3) is 0 Å². The third-order valence-corrected chi connectivity index (χ3v) is 2.67. The Labute approximate surface area is 101 Å². The molecule has 0 saturated carbocycles. The number of rotatable bonds is 2. The van der Waals surface area contributed by atoms with Crippen molar-refractivity contribution in [2.75, 3.05) is 5.32 Å². The molecule has 0 aliphatic heterocycles. The van der Waals surface area contributed by atoms with Crippen LogP contribution in [0.25, 0.3) is 10.8 Å². The number of fused-ring (bicyclic) bond motifs is 1. The molecular formula is C15H12N2. The molecule has 82 valence electrons. The Kier molecular flexibility index (Phi) is 2.99. The summed E-state index contributed by atoms with van der Waals surface area (Å²) in [5.41, 5.74) is 1.64. The molecule has 0 saturated heterocycles. The lowest BCUT2D eigenvalue weighted by Gasteiger charge is -2.12. The number of hydrogen-bond acceptors (Lipinski definition) is 2. The third-order valence-electron chi connectivity index (χ3n) is 2.67. The van der Waals surface area contributed by atoms with E-state index in [0.717, 1.165) is 16.5 Å². The molecule has 0 fully saturated rings. The first-order valence-corrected chi connectivity index (χ1v) is 5.41. The van der Waals surface area contributed by atoms with E-state index in [1.165, 1.54) is 0 Å². The van der Waals surface area contributed by atoms with Gasteiger partial charge >= 0.3 is 0 Å². The number of nitrogens with one attached hydrogen (secondary N) is 1. The van der Waals surface area contributed by atoms with E-state index in [0.29, 0.717) is 5.56 Å². The van der Waals surface area contributed by atoms with Crippen LogP contribution in [-0.2, 0) is 0 Å². The van der Waals surface area contributed by atoms with Crippen molar-refractivity contribution in [3.63, 3.8) is 0 Å². The number of anilines is 1. The largest absolute Gasteiger partial charge is 0.371 e. The van der Waals surface area contributed by atoms with Gasteiger partial charge in [-0.05, 0) is 19.1 Å². The van der Waals surface area contributed by atoms with Gasteiger partial charge in [-0.25, -0.2) is 0 Å². The van der Waals surface area contributed by atoms with E-state index in [-0.39, 0.29) is 6.04 Å². The minimum atomic E-state index is -0.0358. The molecule has 0 aliphatic carbocycles. The minimum absolute atomic E-state index is 0.0358. The Hall–Kier alpha value is -2.45. The van der Waals surface area contributed by atoms with Crippen LogP contribution in [-0.4, -0.2) is 6.04 Å². The van der Waals surface area contributed by atoms with Crippen molar-refractivity contribution < 1.29 is 0 Å². The van der Waals surface area contributed by atoms with Crippen molar-refractivity contribution in [2.45, 2.75) is 13.0 Å². The summed E-state index contributed by atoms with van der Waals surface area (Å²) in [5.74, 6) is 2.63. The topological polar surface area (TPSA) is 35.8 Å². The molecule has 2 aromatic carbocycles. The number of nitrogens with zero attached hydrogens (tertiary/aromatic N) is 1.